The van der Waals surface area contributed by atoms with Crippen LogP contribution < -0.4 is 0 Å². The molecule has 1 aromatic carbocycles. The molecule has 1 fully saturated rings. The fourth-order valence-corrected chi connectivity index (χ4v) is 3.04. The lowest BCUT2D eigenvalue weighted by atomic mass is 9.98. The van der Waals surface area contributed by atoms with Gasteiger partial charge in [0.05, 0.1) is 0 Å². The normalized spacial score (nSPS) is 23.2. The summed E-state index contributed by atoms with van der Waals surface area (Å²) >= 11 is 0. The zero-order valence-corrected chi connectivity index (χ0v) is 10.9. The molecule has 2 aliphatic rings. The third-order valence-electron chi connectivity index (χ3n) is 4.20. The number of carbonyl (C=O) groups is 1. The largest absolute Gasteiger partial charge is 0.342 e. The summed E-state index contributed by atoms with van der Waals surface area (Å²) in [4.78, 5) is 14.3. The van der Waals surface area contributed by atoms with Crippen LogP contribution in [0.5, 0.6) is 0 Å². The summed E-state index contributed by atoms with van der Waals surface area (Å²) in [7, 11) is 0. The smallest absolute Gasteiger partial charge is 0.226 e. The molecule has 1 atom stereocenters. The molecule has 0 unspecified atom stereocenters. The summed E-state index contributed by atoms with van der Waals surface area (Å²) < 4.78 is 12.9. The van der Waals surface area contributed by atoms with Crippen LogP contribution in [0.1, 0.15) is 30.7 Å². The standard InChI is InChI=1S/C16H18FNO/c17-15-7-5-12(6-8-15)14-9-10-18(11-14)16(19)13-3-1-2-4-13/h1-2,5-8,13-14H,3-4,9-11H2/t14-/m1/s1. The molecule has 3 heteroatoms. The molecule has 1 heterocycles. The molecule has 1 saturated heterocycles. The number of rotatable bonds is 2. The van der Waals surface area contributed by atoms with Crippen molar-refractivity contribution >= 4 is 5.91 Å². The predicted molar refractivity (Wildman–Crippen MR) is 72.2 cm³/mol. The molecule has 3 rings (SSSR count). The average molecular weight is 259 g/mol. The summed E-state index contributed by atoms with van der Waals surface area (Å²) in [6.07, 6.45) is 6.94. The minimum absolute atomic E-state index is 0.159. The van der Waals surface area contributed by atoms with Crippen molar-refractivity contribution in [3.05, 3.63) is 47.8 Å². The van der Waals surface area contributed by atoms with Crippen LogP contribution in [0.2, 0.25) is 0 Å². The van der Waals surface area contributed by atoms with Crippen molar-refractivity contribution in [1.82, 2.24) is 4.90 Å². The molecule has 0 N–H and O–H groups in total. The fourth-order valence-electron chi connectivity index (χ4n) is 3.04. The lowest BCUT2D eigenvalue weighted by Crippen LogP contribution is -2.33. The Kier molecular flexibility index (Phi) is 3.36. The van der Waals surface area contributed by atoms with Crippen molar-refractivity contribution < 1.29 is 9.18 Å². The molecular formula is C16H18FNO. The lowest BCUT2D eigenvalue weighted by Gasteiger charge is -2.20. The third kappa shape index (κ3) is 2.55. The lowest BCUT2D eigenvalue weighted by molar-refractivity contribution is -0.134. The van der Waals surface area contributed by atoms with Gasteiger partial charge in [0.1, 0.15) is 5.82 Å². The van der Waals surface area contributed by atoms with E-state index in [2.05, 4.69) is 12.2 Å². The number of carbonyl (C=O) groups excluding carboxylic acids is 1. The van der Waals surface area contributed by atoms with E-state index in [0.29, 0.717) is 5.92 Å². The van der Waals surface area contributed by atoms with Crippen molar-refractivity contribution in [3.8, 4) is 0 Å². The zero-order chi connectivity index (χ0) is 13.2. The van der Waals surface area contributed by atoms with Crippen molar-refractivity contribution in [2.75, 3.05) is 13.1 Å². The maximum absolute atomic E-state index is 12.9. The number of likely N-dealkylation sites (tertiary alicyclic amines) is 1. The minimum Gasteiger partial charge on any atom is -0.342 e. The monoisotopic (exact) mass is 259 g/mol. The molecule has 1 aliphatic carbocycles. The predicted octanol–water partition coefficient (Wildman–Crippen LogP) is 3.11. The van der Waals surface area contributed by atoms with Crippen molar-refractivity contribution in [1.29, 1.82) is 0 Å². The van der Waals surface area contributed by atoms with Crippen molar-refractivity contribution in [2.45, 2.75) is 25.2 Å². The minimum atomic E-state index is -0.202. The summed E-state index contributed by atoms with van der Waals surface area (Å²) in [5.41, 5.74) is 1.14. The van der Waals surface area contributed by atoms with Gasteiger partial charge in [-0.05, 0) is 37.0 Å². The maximum atomic E-state index is 12.9. The highest BCUT2D eigenvalue weighted by Gasteiger charge is 2.31. The summed E-state index contributed by atoms with van der Waals surface area (Å²) in [6.45, 7) is 1.61. The maximum Gasteiger partial charge on any atom is 0.226 e. The zero-order valence-electron chi connectivity index (χ0n) is 10.9. The van der Waals surface area contributed by atoms with E-state index in [1.807, 2.05) is 17.0 Å². The van der Waals surface area contributed by atoms with Crippen molar-refractivity contribution in [3.63, 3.8) is 0 Å². The Morgan fingerprint density at radius 3 is 2.53 bits per heavy atom. The first-order chi connectivity index (χ1) is 9.24. The van der Waals surface area contributed by atoms with Gasteiger partial charge in [0, 0.05) is 24.9 Å². The van der Waals surface area contributed by atoms with Crippen LogP contribution in [0.4, 0.5) is 4.39 Å². The van der Waals surface area contributed by atoms with Crippen LogP contribution >= 0.6 is 0 Å². The third-order valence-corrected chi connectivity index (χ3v) is 4.20. The molecular weight excluding hydrogens is 241 g/mol. The summed E-state index contributed by atoms with van der Waals surface area (Å²) in [5.74, 6) is 0.604. The van der Waals surface area contributed by atoms with Crippen LogP contribution in [-0.4, -0.2) is 23.9 Å². The number of hydrogen-bond acceptors (Lipinski definition) is 1. The van der Waals surface area contributed by atoms with Gasteiger partial charge in [-0.2, -0.15) is 0 Å². The van der Waals surface area contributed by atoms with Crippen LogP contribution in [0.25, 0.3) is 0 Å². The van der Waals surface area contributed by atoms with Gasteiger partial charge >= 0.3 is 0 Å². The molecule has 2 nitrogen and oxygen atoms in total. The van der Waals surface area contributed by atoms with Crippen LogP contribution in [0, 0.1) is 11.7 Å². The van der Waals surface area contributed by atoms with Crippen molar-refractivity contribution in [2.24, 2.45) is 5.92 Å². The van der Waals surface area contributed by atoms with Gasteiger partial charge in [0.2, 0.25) is 5.91 Å². The molecule has 0 bridgehead atoms. The second-order valence-electron chi connectivity index (χ2n) is 5.46. The Morgan fingerprint density at radius 2 is 1.84 bits per heavy atom. The van der Waals surface area contributed by atoms with Crippen LogP contribution in [0.15, 0.2) is 36.4 Å². The Bertz CT molecular complexity index is 486. The number of amides is 1. The first-order valence-electron chi connectivity index (χ1n) is 6.93. The summed E-state index contributed by atoms with van der Waals surface area (Å²) in [6, 6.07) is 6.68. The fraction of sp³-hybridized carbons (Fsp3) is 0.438. The van der Waals surface area contributed by atoms with E-state index in [1.54, 1.807) is 0 Å². The molecule has 0 aromatic heterocycles. The van der Waals surface area contributed by atoms with Crippen LogP contribution in [0.3, 0.4) is 0 Å². The highest BCUT2D eigenvalue weighted by atomic mass is 19.1. The van der Waals surface area contributed by atoms with E-state index in [9.17, 15) is 9.18 Å². The van der Waals surface area contributed by atoms with Gasteiger partial charge in [-0.15, -0.1) is 0 Å². The number of benzene rings is 1. The van der Waals surface area contributed by atoms with Gasteiger partial charge in [-0.25, -0.2) is 4.39 Å². The second kappa shape index (κ2) is 5.16. The highest BCUT2D eigenvalue weighted by Crippen LogP contribution is 2.30. The molecule has 1 amide bonds. The number of nitrogens with zero attached hydrogens (tertiary/aromatic N) is 1. The van der Waals surface area contributed by atoms with E-state index in [1.165, 1.54) is 12.1 Å². The first-order valence-corrected chi connectivity index (χ1v) is 6.93. The Labute approximate surface area is 112 Å². The van der Waals surface area contributed by atoms with Gasteiger partial charge < -0.3 is 4.90 Å². The van der Waals surface area contributed by atoms with Gasteiger partial charge in [-0.1, -0.05) is 24.3 Å². The second-order valence-corrected chi connectivity index (χ2v) is 5.46. The molecule has 19 heavy (non-hydrogen) atoms. The number of halogens is 1. The van der Waals surface area contributed by atoms with Crippen LogP contribution in [-0.2, 0) is 4.79 Å². The molecule has 1 aliphatic heterocycles. The van der Waals surface area contributed by atoms with Gasteiger partial charge in [-0.3, -0.25) is 4.79 Å². The SMILES string of the molecule is O=C(C1CC=CC1)N1CC[C@@H](c2ccc(F)cc2)C1. The first kappa shape index (κ1) is 12.4. The molecule has 1 aromatic rings. The molecule has 0 spiro atoms. The van der Waals surface area contributed by atoms with E-state index in [-0.39, 0.29) is 17.6 Å². The molecule has 0 saturated carbocycles. The number of allylic oxidation sites excluding steroid dienone is 2. The average Bonchev–Trinajstić information content (AvgIpc) is 3.10. The van der Waals surface area contributed by atoms with E-state index in [4.69, 9.17) is 0 Å². The molecule has 100 valence electrons. The Balaban J connectivity index is 1.63. The van der Waals surface area contributed by atoms with E-state index >= 15 is 0 Å². The van der Waals surface area contributed by atoms with E-state index < -0.39 is 0 Å². The van der Waals surface area contributed by atoms with Gasteiger partial charge in [0.15, 0.2) is 0 Å². The van der Waals surface area contributed by atoms with E-state index in [0.717, 1.165) is 37.9 Å². The quantitative estimate of drug-likeness (QED) is 0.747. The Morgan fingerprint density at radius 1 is 1.16 bits per heavy atom. The summed E-state index contributed by atoms with van der Waals surface area (Å²) in [5, 5.41) is 0. The van der Waals surface area contributed by atoms with Gasteiger partial charge in [0.25, 0.3) is 0 Å². The highest BCUT2D eigenvalue weighted by molar-refractivity contribution is 5.80. The molecule has 0 radical (unpaired) electrons. The number of hydrogen-bond donors (Lipinski definition) is 0. The topological polar surface area (TPSA) is 20.3 Å². The Hall–Kier alpha value is -1.64.